The van der Waals surface area contributed by atoms with Gasteiger partial charge in [0.25, 0.3) is 0 Å². The average Bonchev–Trinajstić information content (AvgIpc) is 1.96. The van der Waals surface area contributed by atoms with Crippen LogP contribution in [0, 0.1) is 0 Å². The summed E-state index contributed by atoms with van der Waals surface area (Å²) in [5.74, 6) is 0. The highest BCUT2D eigenvalue weighted by Crippen LogP contribution is 1.85. The Hall–Kier alpha value is -0.0800. The van der Waals surface area contributed by atoms with Crippen LogP contribution >= 0.6 is 0 Å². The third kappa shape index (κ3) is 9.92. The second-order valence-corrected chi connectivity index (χ2v) is 3.17. The first-order valence-corrected chi connectivity index (χ1v) is 4.71. The van der Waals surface area contributed by atoms with E-state index in [0.29, 0.717) is 6.04 Å². The van der Waals surface area contributed by atoms with E-state index in [2.05, 4.69) is 31.4 Å². The molecule has 0 aromatic heterocycles. The van der Waals surface area contributed by atoms with Crippen LogP contribution in [0.2, 0.25) is 0 Å². The summed E-state index contributed by atoms with van der Waals surface area (Å²) >= 11 is 0. The van der Waals surface area contributed by atoms with Crippen molar-refractivity contribution in [2.75, 3.05) is 19.6 Å². The lowest BCUT2D eigenvalue weighted by Gasteiger charge is -2.07. The molecule has 0 aromatic carbocycles. The van der Waals surface area contributed by atoms with E-state index in [1.165, 1.54) is 12.8 Å². The maximum Gasteiger partial charge on any atom is 0.00103 e. The van der Waals surface area contributed by atoms with E-state index in [1.54, 1.807) is 0 Å². The lowest BCUT2D eigenvalue weighted by molar-refractivity contribution is 0.545. The highest BCUT2D eigenvalue weighted by Gasteiger charge is 1.90. The molecule has 0 fully saturated rings. The van der Waals surface area contributed by atoms with Crippen LogP contribution in [0.15, 0.2) is 0 Å². The van der Waals surface area contributed by atoms with Crippen LogP contribution in [0.4, 0.5) is 0 Å². The Labute approximate surface area is 70.8 Å². The summed E-state index contributed by atoms with van der Waals surface area (Å²) in [6.45, 7) is 9.93. The first-order chi connectivity index (χ1) is 5.27. The van der Waals surface area contributed by atoms with Gasteiger partial charge in [0.2, 0.25) is 0 Å². The van der Waals surface area contributed by atoms with Crippen molar-refractivity contribution >= 4 is 0 Å². The van der Waals surface area contributed by atoms with Gasteiger partial charge in [0.15, 0.2) is 0 Å². The van der Waals surface area contributed by atoms with Crippen molar-refractivity contribution in [3.8, 4) is 0 Å². The Morgan fingerprint density at radius 2 is 1.73 bits per heavy atom. The predicted octanol–water partition coefficient (Wildman–Crippen LogP) is 1.37. The van der Waals surface area contributed by atoms with Crippen molar-refractivity contribution < 1.29 is 0 Å². The molecule has 11 heavy (non-hydrogen) atoms. The van der Waals surface area contributed by atoms with E-state index in [0.717, 1.165) is 19.6 Å². The Morgan fingerprint density at radius 3 is 2.27 bits per heavy atom. The maximum absolute atomic E-state index is 3.39. The van der Waals surface area contributed by atoms with Gasteiger partial charge >= 0.3 is 0 Å². The normalized spacial score (nSPS) is 10.9. The van der Waals surface area contributed by atoms with Crippen molar-refractivity contribution in [2.24, 2.45) is 0 Å². The minimum atomic E-state index is 0.633. The summed E-state index contributed by atoms with van der Waals surface area (Å²) in [4.78, 5) is 0. The fourth-order valence-electron chi connectivity index (χ4n) is 0.943. The van der Waals surface area contributed by atoms with Crippen LogP contribution in [-0.2, 0) is 0 Å². The van der Waals surface area contributed by atoms with Crippen molar-refractivity contribution in [1.82, 2.24) is 10.6 Å². The van der Waals surface area contributed by atoms with E-state index < -0.39 is 0 Å². The van der Waals surface area contributed by atoms with Gasteiger partial charge in [-0.3, -0.25) is 0 Å². The van der Waals surface area contributed by atoms with Gasteiger partial charge in [0, 0.05) is 6.04 Å². The van der Waals surface area contributed by atoms with Crippen LogP contribution in [-0.4, -0.2) is 25.7 Å². The summed E-state index contributed by atoms with van der Waals surface area (Å²) in [5.41, 5.74) is 0. The molecular weight excluding hydrogens is 136 g/mol. The van der Waals surface area contributed by atoms with Gasteiger partial charge in [-0.25, -0.2) is 0 Å². The molecule has 0 aliphatic heterocycles. The maximum atomic E-state index is 3.39. The Bertz CT molecular complexity index is 72.0. The molecule has 0 radical (unpaired) electrons. The Kier molecular flexibility index (Phi) is 7.96. The number of hydrogen-bond acceptors (Lipinski definition) is 2. The lowest BCUT2D eigenvalue weighted by atomic mass is 10.3. The predicted molar refractivity (Wildman–Crippen MR) is 50.9 cm³/mol. The Balaban J connectivity index is 2.80. The van der Waals surface area contributed by atoms with Gasteiger partial charge in [0.05, 0.1) is 0 Å². The second kappa shape index (κ2) is 8.02. The first kappa shape index (κ1) is 10.9. The van der Waals surface area contributed by atoms with Gasteiger partial charge in [-0.15, -0.1) is 0 Å². The van der Waals surface area contributed by atoms with E-state index >= 15 is 0 Å². The van der Waals surface area contributed by atoms with Crippen LogP contribution in [0.5, 0.6) is 0 Å². The van der Waals surface area contributed by atoms with Crippen LogP contribution in [0.1, 0.15) is 33.6 Å². The Morgan fingerprint density at radius 1 is 1.09 bits per heavy atom. The van der Waals surface area contributed by atoms with E-state index in [4.69, 9.17) is 0 Å². The average molecular weight is 158 g/mol. The summed E-state index contributed by atoms with van der Waals surface area (Å²) in [6.07, 6.45) is 2.57. The number of unbranched alkanes of at least 4 members (excludes halogenated alkanes) is 1. The van der Waals surface area contributed by atoms with Gasteiger partial charge in [-0.2, -0.15) is 0 Å². The van der Waals surface area contributed by atoms with Gasteiger partial charge < -0.3 is 10.6 Å². The second-order valence-electron chi connectivity index (χ2n) is 3.17. The fourth-order valence-corrected chi connectivity index (χ4v) is 0.943. The smallest absolute Gasteiger partial charge is 0.00103 e. The molecule has 0 aromatic rings. The molecule has 0 atom stereocenters. The molecule has 0 rings (SSSR count). The third-order valence-electron chi connectivity index (χ3n) is 1.58. The molecule has 0 spiro atoms. The minimum absolute atomic E-state index is 0.633. The van der Waals surface area contributed by atoms with Crippen molar-refractivity contribution in [3.05, 3.63) is 0 Å². The molecule has 2 heteroatoms. The first-order valence-electron chi connectivity index (χ1n) is 4.71. The summed E-state index contributed by atoms with van der Waals surface area (Å²) in [6, 6.07) is 0.633. The SMILES string of the molecule is CCNCCCCNC(C)C. The quantitative estimate of drug-likeness (QED) is 0.547. The number of rotatable bonds is 7. The summed E-state index contributed by atoms with van der Waals surface area (Å²) in [7, 11) is 0. The summed E-state index contributed by atoms with van der Waals surface area (Å²) < 4.78 is 0. The third-order valence-corrected chi connectivity index (χ3v) is 1.58. The van der Waals surface area contributed by atoms with Gasteiger partial charge in [-0.1, -0.05) is 20.8 Å². The molecule has 2 N–H and O–H groups in total. The zero-order valence-electron chi connectivity index (χ0n) is 8.11. The van der Waals surface area contributed by atoms with Gasteiger partial charge in [-0.05, 0) is 32.5 Å². The molecule has 0 heterocycles. The zero-order chi connectivity index (χ0) is 8.53. The zero-order valence-corrected chi connectivity index (χ0v) is 8.11. The van der Waals surface area contributed by atoms with Crippen LogP contribution in [0.25, 0.3) is 0 Å². The number of nitrogens with one attached hydrogen (secondary N) is 2. The summed E-state index contributed by atoms with van der Waals surface area (Å²) in [5, 5.41) is 6.70. The molecule has 0 aliphatic rings. The van der Waals surface area contributed by atoms with E-state index in [9.17, 15) is 0 Å². The lowest BCUT2D eigenvalue weighted by Crippen LogP contribution is -2.24. The van der Waals surface area contributed by atoms with Gasteiger partial charge in [0.1, 0.15) is 0 Å². The minimum Gasteiger partial charge on any atom is -0.317 e. The molecule has 68 valence electrons. The molecule has 0 saturated carbocycles. The monoisotopic (exact) mass is 158 g/mol. The number of hydrogen-bond donors (Lipinski definition) is 2. The molecule has 2 nitrogen and oxygen atoms in total. The van der Waals surface area contributed by atoms with Crippen molar-refractivity contribution in [1.29, 1.82) is 0 Å². The van der Waals surface area contributed by atoms with Crippen LogP contribution < -0.4 is 10.6 Å². The molecule has 0 bridgehead atoms. The highest BCUT2D eigenvalue weighted by atomic mass is 14.9. The standard InChI is InChI=1S/C9H22N2/c1-4-10-7-5-6-8-11-9(2)3/h9-11H,4-8H2,1-3H3. The largest absolute Gasteiger partial charge is 0.317 e. The molecule has 0 saturated heterocycles. The van der Waals surface area contributed by atoms with Crippen molar-refractivity contribution in [2.45, 2.75) is 39.7 Å². The van der Waals surface area contributed by atoms with Crippen LogP contribution in [0.3, 0.4) is 0 Å². The molecule has 0 amide bonds. The van der Waals surface area contributed by atoms with E-state index in [1.807, 2.05) is 0 Å². The molecular formula is C9H22N2. The van der Waals surface area contributed by atoms with E-state index in [-0.39, 0.29) is 0 Å². The van der Waals surface area contributed by atoms with Crippen molar-refractivity contribution in [3.63, 3.8) is 0 Å². The molecule has 0 unspecified atom stereocenters. The molecule has 0 aliphatic carbocycles. The fraction of sp³-hybridized carbons (Fsp3) is 1.00. The highest BCUT2D eigenvalue weighted by molar-refractivity contribution is 4.53. The topological polar surface area (TPSA) is 24.1 Å².